The maximum absolute atomic E-state index is 12.8. The normalized spacial score (nSPS) is 15.5. The molecule has 0 saturated heterocycles. The van der Waals surface area contributed by atoms with Gasteiger partial charge in [0.25, 0.3) is 5.91 Å². The van der Waals surface area contributed by atoms with Gasteiger partial charge in [-0.2, -0.15) is 0 Å². The Morgan fingerprint density at radius 1 is 1.14 bits per heavy atom. The molecule has 1 aliphatic heterocycles. The van der Waals surface area contributed by atoms with Gasteiger partial charge in [0, 0.05) is 36.1 Å². The summed E-state index contributed by atoms with van der Waals surface area (Å²) in [7, 11) is 1.57. The Morgan fingerprint density at radius 3 is 2.51 bits per heavy atom. The highest BCUT2D eigenvalue weighted by Gasteiger charge is 2.29. The van der Waals surface area contributed by atoms with Gasteiger partial charge in [-0.3, -0.25) is 9.59 Å². The van der Waals surface area contributed by atoms with E-state index in [4.69, 9.17) is 37.6 Å². The van der Waals surface area contributed by atoms with Crippen molar-refractivity contribution < 1.29 is 28.9 Å². The standard InChI is InChI=1S/C26H23Cl2NO6/c1-33-24(16-5-3-2-4-6-16)15-29(28)25(30)17-7-9-18(10-8-17)35-23-14-22-20(13-21(23)27)19(26(31)32)11-12-34-22/h2-10,13-14,19,24H,11-12,15H2,1H3,(H,31,32). The van der Waals surface area contributed by atoms with Crippen molar-refractivity contribution in [2.24, 2.45) is 0 Å². The summed E-state index contributed by atoms with van der Waals surface area (Å²) in [5.41, 5.74) is 1.81. The number of benzene rings is 3. The first-order valence-corrected chi connectivity index (χ1v) is 11.6. The van der Waals surface area contributed by atoms with Crippen LogP contribution in [0.25, 0.3) is 0 Å². The summed E-state index contributed by atoms with van der Waals surface area (Å²) in [5, 5.41) is 9.70. The van der Waals surface area contributed by atoms with Gasteiger partial charge in [-0.25, -0.2) is 4.42 Å². The van der Waals surface area contributed by atoms with Gasteiger partial charge in [-0.05, 0) is 42.3 Å². The molecule has 35 heavy (non-hydrogen) atoms. The molecule has 0 fully saturated rings. The maximum atomic E-state index is 12.8. The molecule has 2 unspecified atom stereocenters. The highest BCUT2D eigenvalue weighted by molar-refractivity contribution is 6.32. The number of fused-ring (bicyclic) bond motifs is 1. The average Bonchev–Trinajstić information content (AvgIpc) is 2.87. The minimum atomic E-state index is -0.923. The molecule has 0 bridgehead atoms. The first-order chi connectivity index (χ1) is 16.9. The zero-order valence-electron chi connectivity index (χ0n) is 18.8. The van der Waals surface area contributed by atoms with Crippen LogP contribution in [0.15, 0.2) is 66.7 Å². The molecule has 0 saturated carbocycles. The number of hydrogen-bond acceptors (Lipinski definition) is 5. The molecule has 0 aliphatic carbocycles. The van der Waals surface area contributed by atoms with Gasteiger partial charge in [0.05, 0.1) is 24.1 Å². The highest BCUT2D eigenvalue weighted by Crippen LogP contribution is 2.41. The Balaban J connectivity index is 1.44. The SMILES string of the molecule is COC(CN(Cl)C(=O)c1ccc(Oc2cc3c(cc2Cl)C(C(=O)O)CCO3)cc1)c1ccccc1. The lowest BCUT2D eigenvalue weighted by Crippen LogP contribution is -2.27. The van der Waals surface area contributed by atoms with Crippen molar-refractivity contribution in [2.45, 2.75) is 18.4 Å². The Bertz CT molecular complexity index is 1200. The summed E-state index contributed by atoms with van der Waals surface area (Å²) >= 11 is 12.6. The van der Waals surface area contributed by atoms with Gasteiger partial charge < -0.3 is 19.3 Å². The number of ether oxygens (including phenoxy) is 3. The van der Waals surface area contributed by atoms with Crippen LogP contribution in [-0.4, -0.2) is 41.7 Å². The van der Waals surface area contributed by atoms with Crippen LogP contribution in [0.5, 0.6) is 17.2 Å². The molecule has 1 aliphatic rings. The van der Waals surface area contributed by atoms with Crippen molar-refractivity contribution in [1.82, 2.24) is 4.42 Å². The molecule has 0 spiro atoms. The molecule has 3 aromatic carbocycles. The molecule has 7 nitrogen and oxygen atoms in total. The third-order valence-corrected chi connectivity index (χ3v) is 6.32. The van der Waals surface area contributed by atoms with Crippen molar-refractivity contribution >= 4 is 35.3 Å². The van der Waals surface area contributed by atoms with Gasteiger partial charge in [0.15, 0.2) is 0 Å². The van der Waals surface area contributed by atoms with Crippen LogP contribution in [-0.2, 0) is 9.53 Å². The molecule has 4 rings (SSSR count). The summed E-state index contributed by atoms with van der Waals surface area (Å²) in [6.07, 6.45) is 0.0111. The van der Waals surface area contributed by atoms with E-state index in [0.29, 0.717) is 41.4 Å². The van der Waals surface area contributed by atoms with Gasteiger partial charge in [0.1, 0.15) is 23.4 Å². The van der Waals surface area contributed by atoms with Crippen molar-refractivity contribution in [3.63, 3.8) is 0 Å². The molecule has 182 valence electrons. The van der Waals surface area contributed by atoms with Gasteiger partial charge >= 0.3 is 5.97 Å². The number of hydrogen-bond donors (Lipinski definition) is 1. The number of nitrogens with zero attached hydrogens (tertiary/aromatic N) is 1. The number of carboxylic acid groups (broad SMARTS) is 1. The van der Waals surface area contributed by atoms with Crippen LogP contribution in [0.2, 0.25) is 5.02 Å². The molecule has 0 radical (unpaired) electrons. The Hall–Kier alpha value is -3.26. The van der Waals surface area contributed by atoms with E-state index in [-0.39, 0.29) is 23.6 Å². The summed E-state index contributed by atoms with van der Waals surface area (Å²) in [4.78, 5) is 24.3. The minimum absolute atomic E-state index is 0.168. The zero-order valence-corrected chi connectivity index (χ0v) is 20.3. The summed E-state index contributed by atoms with van der Waals surface area (Å²) in [6.45, 7) is 0.464. The number of methoxy groups -OCH3 is 1. The van der Waals surface area contributed by atoms with Gasteiger partial charge in [0.2, 0.25) is 0 Å². The largest absolute Gasteiger partial charge is 0.493 e. The van der Waals surface area contributed by atoms with E-state index in [1.807, 2.05) is 30.3 Å². The number of aliphatic carboxylic acids is 1. The summed E-state index contributed by atoms with van der Waals surface area (Å²) in [6, 6.07) is 19.1. The Kier molecular flexibility index (Phi) is 7.80. The van der Waals surface area contributed by atoms with Crippen molar-refractivity contribution in [3.05, 3.63) is 88.4 Å². The van der Waals surface area contributed by atoms with Crippen LogP contribution in [0.4, 0.5) is 0 Å². The van der Waals surface area contributed by atoms with Gasteiger partial charge in [-0.1, -0.05) is 41.9 Å². The van der Waals surface area contributed by atoms with E-state index in [9.17, 15) is 14.7 Å². The second kappa shape index (κ2) is 11.0. The summed E-state index contributed by atoms with van der Waals surface area (Å²) in [5.74, 6) is -0.786. The maximum Gasteiger partial charge on any atom is 0.311 e. The number of amides is 1. The van der Waals surface area contributed by atoms with Crippen molar-refractivity contribution in [3.8, 4) is 17.2 Å². The van der Waals surface area contributed by atoms with E-state index in [0.717, 1.165) is 9.98 Å². The predicted octanol–water partition coefficient (Wildman–Crippen LogP) is 6.07. The number of carbonyl (C=O) groups excluding carboxylic acids is 1. The second-order valence-electron chi connectivity index (χ2n) is 7.96. The van der Waals surface area contributed by atoms with Crippen molar-refractivity contribution in [2.75, 3.05) is 20.3 Å². The van der Waals surface area contributed by atoms with E-state index < -0.39 is 11.9 Å². The second-order valence-corrected chi connectivity index (χ2v) is 8.78. The molecule has 1 amide bonds. The first-order valence-electron chi connectivity index (χ1n) is 10.9. The van der Waals surface area contributed by atoms with E-state index >= 15 is 0 Å². The van der Waals surface area contributed by atoms with Crippen LogP contribution in [0.1, 0.15) is 39.9 Å². The fraction of sp³-hybridized carbons (Fsp3) is 0.231. The molecule has 1 N–H and O–H groups in total. The molecule has 3 aromatic rings. The third-order valence-electron chi connectivity index (χ3n) is 5.73. The molecule has 9 heteroatoms. The smallest absolute Gasteiger partial charge is 0.311 e. The fourth-order valence-corrected chi connectivity index (χ4v) is 4.30. The molecule has 1 heterocycles. The highest BCUT2D eigenvalue weighted by atomic mass is 35.5. The number of carbonyl (C=O) groups is 2. The molecule has 0 aromatic heterocycles. The number of carboxylic acids is 1. The predicted molar refractivity (Wildman–Crippen MR) is 132 cm³/mol. The minimum Gasteiger partial charge on any atom is -0.493 e. The Labute approximate surface area is 212 Å². The van der Waals surface area contributed by atoms with Crippen molar-refractivity contribution in [1.29, 1.82) is 0 Å². The lowest BCUT2D eigenvalue weighted by molar-refractivity contribution is -0.139. The van der Waals surface area contributed by atoms with E-state index in [1.165, 1.54) is 0 Å². The lowest BCUT2D eigenvalue weighted by Gasteiger charge is -2.24. The molecular formula is C26H23Cl2NO6. The lowest BCUT2D eigenvalue weighted by atomic mass is 9.93. The Morgan fingerprint density at radius 2 is 1.86 bits per heavy atom. The zero-order chi connectivity index (χ0) is 24.9. The molecule has 2 atom stereocenters. The fourth-order valence-electron chi connectivity index (χ4n) is 3.87. The van der Waals surface area contributed by atoms with Crippen LogP contribution in [0, 0.1) is 0 Å². The molecular weight excluding hydrogens is 493 g/mol. The van der Waals surface area contributed by atoms with E-state index in [2.05, 4.69) is 0 Å². The van der Waals surface area contributed by atoms with Crippen LogP contribution in [0.3, 0.4) is 0 Å². The monoisotopic (exact) mass is 515 g/mol. The topological polar surface area (TPSA) is 85.3 Å². The van der Waals surface area contributed by atoms with Crippen LogP contribution >= 0.6 is 23.4 Å². The van der Waals surface area contributed by atoms with Crippen LogP contribution < -0.4 is 9.47 Å². The van der Waals surface area contributed by atoms with E-state index in [1.54, 1.807) is 43.5 Å². The average molecular weight is 516 g/mol. The number of halogens is 2. The number of rotatable bonds is 8. The quantitative estimate of drug-likeness (QED) is 0.366. The first kappa shape index (κ1) is 24.9. The summed E-state index contributed by atoms with van der Waals surface area (Å²) < 4.78 is 18.1. The third kappa shape index (κ3) is 5.70. The van der Waals surface area contributed by atoms with Gasteiger partial charge in [-0.15, -0.1) is 0 Å².